The lowest BCUT2D eigenvalue weighted by molar-refractivity contribution is 0.180. The van der Waals surface area contributed by atoms with Gasteiger partial charge in [0.25, 0.3) is 0 Å². The molecule has 0 saturated carbocycles. The van der Waals surface area contributed by atoms with Crippen LogP contribution >= 0.6 is 0 Å². The molecule has 0 spiro atoms. The topological polar surface area (TPSA) is 41.8 Å². The molecule has 1 heterocycles. The van der Waals surface area contributed by atoms with Crippen LogP contribution < -0.4 is 0 Å². The zero-order valence-corrected chi connectivity index (χ0v) is 13.2. The Kier molecular flexibility index (Phi) is 5.32. The quantitative estimate of drug-likeness (QED) is 0.872. The molecule has 0 amide bonds. The summed E-state index contributed by atoms with van der Waals surface area (Å²) in [5.74, 6) is 0.254. The van der Waals surface area contributed by atoms with E-state index in [0.717, 1.165) is 24.1 Å². The highest BCUT2D eigenvalue weighted by molar-refractivity contribution is 6.13. The molecule has 21 heavy (non-hydrogen) atoms. The van der Waals surface area contributed by atoms with E-state index in [1.807, 2.05) is 6.92 Å². The Bertz CT molecular complexity index is 548. The van der Waals surface area contributed by atoms with Gasteiger partial charge < -0.3 is 9.84 Å². The van der Waals surface area contributed by atoms with E-state index in [9.17, 15) is 5.11 Å². The minimum Gasteiger partial charge on any atom is -0.396 e. The first-order valence-electron chi connectivity index (χ1n) is 7.53. The third-order valence-electron chi connectivity index (χ3n) is 4.08. The van der Waals surface area contributed by atoms with Crippen LogP contribution in [0.15, 0.2) is 35.3 Å². The van der Waals surface area contributed by atoms with Crippen molar-refractivity contribution in [1.82, 2.24) is 0 Å². The minimum absolute atomic E-state index is 0.152. The van der Waals surface area contributed by atoms with E-state index in [2.05, 4.69) is 31.7 Å². The van der Waals surface area contributed by atoms with Gasteiger partial charge in [-0.05, 0) is 43.9 Å². The van der Waals surface area contributed by atoms with Crippen molar-refractivity contribution in [3.8, 4) is 0 Å². The molecule has 0 bridgehead atoms. The largest absolute Gasteiger partial charge is 0.396 e. The van der Waals surface area contributed by atoms with Gasteiger partial charge in [-0.1, -0.05) is 24.3 Å². The molecule has 1 aliphatic heterocycles. The second-order valence-corrected chi connectivity index (χ2v) is 5.82. The smallest absolute Gasteiger partial charge is 0.0676 e. The number of fused-ring (bicyclic) bond motifs is 1. The molecule has 0 fully saturated rings. The highest BCUT2D eigenvalue weighted by atomic mass is 16.5. The Labute approximate surface area is 127 Å². The van der Waals surface area contributed by atoms with E-state index in [1.165, 1.54) is 16.7 Å². The zero-order valence-electron chi connectivity index (χ0n) is 13.2. The van der Waals surface area contributed by atoms with Crippen LogP contribution in [-0.2, 0) is 4.74 Å². The molecule has 1 aliphatic rings. The lowest BCUT2D eigenvalue weighted by Gasteiger charge is -2.32. The normalized spacial score (nSPS) is 20.9. The average molecular weight is 287 g/mol. The van der Waals surface area contributed by atoms with Gasteiger partial charge in [0, 0.05) is 31.8 Å². The number of hydrogen-bond acceptors (Lipinski definition) is 3. The molecule has 1 N–H and O–H groups in total. The molecule has 2 atom stereocenters. The van der Waals surface area contributed by atoms with E-state index in [0.29, 0.717) is 6.61 Å². The second-order valence-electron chi connectivity index (χ2n) is 5.82. The Hall–Kier alpha value is -1.45. The molecule has 2 rings (SSSR count). The van der Waals surface area contributed by atoms with Gasteiger partial charge in [-0.3, -0.25) is 4.99 Å². The molecule has 1 aromatic carbocycles. The van der Waals surface area contributed by atoms with Gasteiger partial charge in [-0.15, -0.1) is 0 Å². The van der Waals surface area contributed by atoms with Crippen molar-refractivity contribution >= 4 is 5.71 Å². The number of ether oxygens (including phenoxy) is 1. The monoisotopic (exact) mass is 287 g/mol. The maximum Gasteiger partial charge on any atom is 0.0676 e. The first-order valence-corrected chi connectivity index (χ1v) is 7.53. The number of aryl methyl sites for hydroxylation is 1. The lowest BCUT2D eigenvalue weighted by atomic mass is 9.79. The zero-order chi connectivity index (χ0) is 15.4. The van der Waals surface area contributed by atoms with Crippen molar-refractivity contribution in [3.05, 3.63) is 47.0 Å². The van der Waals surface area contributed by atoms with Crippen molar-refractivity contribution < 1.29 is 9.84 Å². The molecule has 0 aliphatic carbocycles. The molecular formula is C18H25NO2. The summed E-state index contributed by atoms with van der Waals surface area (Å²) in [7, 11) is 1.71. The summed E-state index contributed by atoms with van der Waals surface area (Å²) in [6, 6.07) is 6.65. The molecule has 114 valence electrons. The number of benzene rings is 1. The SMILES string of the molecule is C=C(C)C1=NC(CCOC)C(CCO)c2ccc(C)cc21. The van der Waals surface area contributed by atoms with Crippen LogP contribution in [0, 0.1) is 6.92 Å². The summed E-state index contributed by atoms with van der Waals surface area (Å²) in [5.41, 5.74) is 5.68. The van der Waals surface area contributed by atoms with Gasteiger partial charge in [0.2, 0.25) is 0 Å². The summed E-state index contributed by atoms with van der Waals surface area (Å²) in [6.07, 6.45) is 1.60. The highest BCUT2D eigenvalue weighted by Gasteiger charge is 2.30. The van der Waals surface area contributed by atoms with Gasteiger partial charge in [-0.2, -0.15) is 0 Å². The Balaban J connectivity index is 2.48. The Morgan fingerprint density at radius 3 is 2.76 bits per heavy atom. The number of allylic oxidation sites excluding steroid dienone is 1. The maximum absolute atomic E-state index is 9.42. The standard InChI is InChI=1S/C18H25NO2/c1-12(2)18-16-11-13(3)5-6-14(16)15(7-9-20)17(19-18)8-10-21-4/h5-6,11,15,17,20H,1,7-10H2,2-4H3. The average Bonchev–Trinajstić information content (AvgIpc) is 2.45. The van der Waals surface area contributed by atoms with Crippen LogP contribution in [0.4, 0.5) is 0 Å². The van der Waals surface area contributed by atoms with Crippen molar-refractivity contribution in [2.24, 2.45) is 4.99 Å². The van der Waals surface area contributed by atoms with Gasteiger partial charge in [0.1, 0.15) is 0 Å². The number of aliphatic imine (C=N–C) groups is 1. The summed E-state index contributed by atoms with van der Waals surface area (Å²) < 4.78 is 5.22. The van der Waals surface area contributed by atoms with Crippen molar-refractivity contribution in [1.29, 1.82) is 0 Å². The predicted octanol–water partition coefficient (Wildman–Crippen LogP) is 3.24. The molecule has 3 heteroatoms. The number of hydrogen-bond donors (Lipinski definition) is 1. The van der Waals surface area contributed by atoms with E-state index >= 15 is 0 Å². The molecule has 3 nitrogen and oxygen atoms in total. The fourth-order valence-corrected chi connectivity index (χ4v) is 3.06. The third-order valence-corrected chi connectivity index (χ3v) is 4.08. The van der Waals surface area contributed by atoms with Gasteiger partial charge >= 0.3 is 0 Å². The van der Waals surface area contributed by atoms with Gasteiger partial charge in [0.15, 0.2) is 0 Å². The molecule has 0 saturated heterocycles. The van der Waals surface area contributed by atoms with Crippen molar-refractivity contribution in [3.63, 3.8) is 0 Å². The molecular weight excluding hydrogens is 262 g/mol. The number of aliphatic hydroxyl groups is 1. The molecule has 1 aromatic rings. The van der Waals surface area contributed by atoms with Crippen LogP contribution in [0.5, 0.6) is 0 Å². The van der Waals surface area contributed by atoms with Crippen LogP contribution in [-0.4, -0.2) is 37.2 Å². The van der Waals surface area contributed by atoms with Crippen LogP contribution in [0.3, 0.4) is 0 Å². The third kappa shape index (κ3) is 3.42. The van der Waals surface area contributed by atoms with E-state index < -0.39 is 0 Å². The summed E-state index contributed by atoms with van der Waals surface area (Å²) in [5, 5.41) is 9.42. The maximum atomic E-state index is 9.42. The van der Waals surface area contributed by atoms with Crippen LogP contribution in [0.1, 0.15) is 42.4 Å². The number of methoxy groups -OCH3 is 1. The minimum atomic E-state index is 0.152. The van der Waals surface area contributed by atoms with Crippen molar-refractivity contribution in [2.45, 2.75) is 38.6 Å². The Morgan fingerprint density at radius 1 is 1.38 bits per heavy atom. The highest BCUT2D eigenvalue weighted by Crippen LogP contribution is 2.36. The molecule has 2 unspecified atom stereocenters. The fourth-order valence-electron chi connectivity index (χ4n) is 3.06. The predicted molar refractivity (Wildman–Crippen MR) is 87.3 cm³/mol. The fraction of sp³-hybridized carbons (Fsp3) is 0.500. The van der Waals surface area contributed by atoms with E-state index in [-0.39, 0.29) is 18.6 Å². The van der Waals surface area contributed by atoms with Gasteiger partial charge in [-0.25, -0.2) is 0 Å². The van der Waals surface area contributed by atoms with E-state index in [1.54, 1.807) is 7.11 Å². The van der Waals surface area contributed by atoms with E-state index in [4.69, 9.17) is 9.73 Å². The lowest BCUT2D eigenvalue weighted by Crippen LogP contribution is -2.28. The summed E-state index contributed by atoms with van der Waals surface area (Å²) in [4.78, 5) is 4.93. The summed E-state index contributed by atoms with van der Waals surface area (Å²) >= 11 is 0. The molecule has 0 radical (unpaired) electrons. The summed E-state index contributed by atoms with van der Waals surface area (Å²) in [6.45, 7) is 9.04. The number of rotatable bonds is 6. The Morgan fingerprint density at radius 2 is 2.14 bits per heavy atom. The second kappa shape index (κ2) is 7.01. The van der Waals surface area contributed by atoms with Gasteiger partial charge in [0.05, 0.1) is 11.8 Å². The van der Waals surface area contributed by atoms with Crippen LogP contribution in [0.25, 0.3) is 0 Å². The molecule has 0 aromatic heterocycles. The first-order chi connectivity index (χ1) is 10.1. The first kappa shape index (κ1) is 15.9. The van der Waals surface area contributed by atoms with Crippen LogP contribution in [0.2, 0.25) is 0 Å². The number of nitrogens with zero attached hydrogens (tertiary/aromatic N) is 1. The number of aliphatic hydroxyl groups excluding tert-OH is 1. The van der Waals surface area contributed by atoms with Crippen molar-refractivity contribution in [2.75, 3.05) is 20.3 Å².